The molecule has 0 aromatic heterocycles. The highest BCUT2D eigenvalue weighted by Crippen LogP contribution is 2.35. The van der Waals surface area contributed by atoms with Crippen molar-refractivity contribution in [3.8, 4) is 11.1 Å². The van der Waals surface area contributed by atoms with Crippen LogP contribution < -0.4 is 0 Å². The molecular formula is C28H32F2. The molecule has 0 bridgehead atoms. The number of halogens is 2. The summed E-state index contributed by atoms with van der Waals surface area (Å²) >= 11 is 0. The summed E-state index contributed by atoms with van der Waals surface area (Å²) < 4.78 is 28.3. The topological polar surface area (TPSA) is 0 Å². The van der Waals surface area contributed by atoms with Crippen LogP contribution in [-0.4, -0.2) is 0 Å². The number of hydrogen-bond donors (Lipinski definition) is 0. The van der Waals surface area contributed by atoms with E-state index < -0.39 is 0 Å². The molecule has 158 valence electrons. The van der Waals surface area contributed by atoms with Crippen molar-refractivity contribution >= 4 is 10.8 Å². The zero-order valence-electron chi connectivity index (χ0n) is 18.0. The van der Waals surface area contributed by atoms with Crippen LogP contribution in [0.25, 0.3) is 21.9 Å². The highest BCUT2D eigenvalue weighted by molar-refractivity contribution is 5.88. The number of hydrogen-bond acceptors (Lipinski definition) is 0. The van der Waals surface area contributed by atoms with Gasteiger partial charge in [0.1, 0.15) is 11.6 Å². The van der Waals surface area contributed by atoms with Gasteiger partial charge in [0.2, 0.25) is 0 Å². The van der Waals surface area contributed by atoms with E-state index >= 15 is 4.39 Å². The lowest BCUT2D eigenvalue weighted by Crippen LogP contribution is -2.15. The first-order valence-electron chi connectivity index (χ1n) is 11.6. The molecule has 4 rings (SSSR count). The summed E-state index contributed by atoms with van der Waals surface area (Å²) in [6.45, 7) is 2.28. The van der Waals surface area contributed by atoms with Crippen LogP contribution in [0.4, 0.5) is 8.78 Å². The molecule has 0 unspecified atom stereocenters. The first-order valence-corrected chi connectivity index (χ1v) is 11.6. The minimum Gasteiger partial charge on any atom is -0.207 e. The Bertz CT molecular complexity index is 966. The van der Waals surface area contributed by atoms with E-state index in [-0.39, 0.29) is 11.6 Å². The van der Waals surface area contributed by atoms with Crippen LogP contribution in [0.5, 0.6) is 0 Å². The molecule has 1 aliphatic carbocycles. The largest absolute Gasteiger partial charge is 0.207 e. The summed E-state index contributed by atoms with van der Waals surface area (Å²) in [5, 5.41) is 1.58. The first-order chi connectivity index (χ1) is 14.6. The second-order valence-electron chi connectivity index (χ2n) is 9.06. The van der Waals surface area contributed by atoms with E-state index in [9.17, 15) is 4.39 Å². The molecule has 0 radical (unpaired) electrons. The van der Waals surface area contributed by atoms with E-state index in [1.54, 1.807) is 12.1 Å². The predicted octanol–water partition coefficient (Wildman–Crippen LogP) is 8.71. The van der Waals surface area contributed by atoms with Crippen molar-refractivity contribution in [2.45, 2.75) is 64.7 Å². The average Bonchev–Trinajstić information content (AvgIpc) is 2.78. The fourth-order valence-electron chi connectivity index (χ4n) is 5.02. The van der Waals surface area contributed by atoms with Crippen molar-refractivity contribution in [1.29, 1.82) is 0 Å². The third-order valence-corrected chi connectivity index (χ3v) is 6.95. The zero-order valence-corrected chi connectivity index (χ0v) is 18.0. The molecule has 0 amide bonds. The Morgan fingerprint density at radius 3 is 2.20 bits per heavy atom. The van der Waals surface area contributed by atoms with Crippen LogP contribution in [0.15, 0.2) is 54.6 Å². The second-order valence-corrected chi connectivity index (χ2v) is 9.06. The summed E-state index contributed by atoms with van der Waals surface area (Å²) in [5.41, 5.74) is 2.52. The number of benzene rings is 3. The molecule has 0 nitrogen and oxygen atoms in total. The van der Waals surface area contributed by atoms with E-state index in [1.165, 1.54) is 69.1 Å². The molecule has 0 spiro atoms. The highest BCUT2D eigenvalue weighted by atomic mass is 19.1. The van der Waals surface area contributed by atoms with Gasteiger partial charge in [-0.1, -0.05) is 94.3 Å². The van der Waals surface area contributed by atoms with E-state index in [0.717, 1.165) is 23.6 Å². The molecule has 1 fully saturated rings. The van der Waals surface area contributed by atoms with Gasteiger partial charge in [-0.2, -0.15) is 0 Å². The summed E-state index contributed by atoms with van der Waals surface area (Å²) in [5.74, 6) is 1.27. The Morgan fingerprint density at radius 2 is 1.50 bits per heavy atom. The van der Waals surface area contributed by atoms with Crippen LogP contribution in [-0.2, 0) is 6.42 Å². The monoisotopic (exact) mass is 406 g/mol. The van der Waals surface area contributed by atoms with Gasteiger partial charge in [0.25, 0.3) is 0 Å². The van der Waals surface area contributed by atoms with Crippen LogP contribution >= 0.6 is 0 Å². The standard InChI is InChI=1S/C28H32F2/c1-2-3-4-20-5-7-21(8-6-20)9-10-22-11-17-27-24(19-22)14-18-26(28(27)30)23-12-15-25(29)16-13-23/h11-21H,2-10H2,1H3. The van der Waals surface area contributed by atoms with Crippen molar-refractivity contribution in [2.75, 3.05) is 0 Å². The quantitative estimate of drug-likeness (QED) is 0.368. The van der Waals surface area contributed by atoms with Crippen LogP contribution in [0, 0.1) is 23.5 Å². The number of fused-ring (bicyclic) bond motifs is 1. The van der Waals surface area contributed by atoms with Gasteiger partial charge in [-0.05, 0) is 53.3 Å². The Labute approximate surface area is 179 Å². The molecule has 0 atom stereocenters. The maximum Gasteiger partial charge on any atom is 0.138 e. The Kier molecular flexibility index (Phi) is 6.82. The molecule has 3 aromatic carbocycles. The maximum atomic E-state index is 15.1. The lowest BCUT2D eigenvalue weighted by molar-refractivity contribution is 0.250. The molecule has 2 heteroatoms. The molecule has 0 saturated heterocycles. The Morgan fingerprint density at radius 1 is 0.800 bits per heavy atom. The van der Waals surface area contributed by atoms with Gasteiger partial charge in [-0.3, -0.25) is 0 Å². The van der Waals surface area contributed by atoms with Crippen molar-refractivity contribution in [1.82, 2.24) is 0 Å². The molecule has 0 N–H and O–H groups in total. The van der Waals surface area contributed by atoms with Crippen molar-refractivity contribution in [2.24, 2.45) is 11.8 Å². The van der Waals surface area contributed by atoms with Crippen LogP contribution in [0.1, 0.15) is 63.9 Å². The molecule has 0 heterocycles. The van der Waals surface area contributed by atoms with Gasteiger partial charge in [-0.25, -0.2) is 8.78 Å². The van der Waals surface area contributed by atoms with Gasteiger partial charge in [0, 0.05) is 10.9 Å². The molecule has 1 aliphatic rings. The van der Waals surface area contributed by atoms with Gasteiger partial charge >= 0.3 is 0 Å². The lowest BCUT2D eigenvalue weighted by Gasteiger charge is -2.28. The van der Waals surface area contributed by atoms with E-state index in [4.69, 9.17) is 0 Å². The smallest absolute Gasteiger partial charge is 0.138 e. The van der Waals surface area contributed by atoms with Crippen LogP contribution in [0.3, 0.4) is 0 Å². The van der Waals surface area contributed by atoms with Crippen molar-refractivity contribution in [3.63, 3.8) is 0 Å². The van der Waals surface area contributed by atoms with E-state index in [1.807, 2.05) is 18.2 Å². The summed E-state index contributed by atoms with van der Waals surface area (Å²) in [6, 6.07) is 15.9. The van der Waals surface area contributed by atoms with Gasteiger partial charge in [0.15, 0.2) is 0 Å². The number of aryl methyl sites for hydroxylation is 1. The number of unbranched alkanes of at least 4 members (excludes halogenated alkanes) is 1. The Balaban J connectivity index is 1.40. The fourth-order valence-corrected chi connectivity index (χ4v) is 5.02. The SMILES string of the molecule is CCCCC1CCC(CCc2ccc3c(F)c(-c4ccc(F)cc4)ccc3c2)CC1. The predicted molar refractivity (Wildman–Crippen MR) is 123 cm³/mol. The third kappa shape index (κ3) is 4.91. The van der Waals surface area contributed by atoms with Gasteiger partial charge in [-0.15, -0.1) is 0 Å². The maximum absolute atomic E-state index is 15.1. The summed E-state index contributed by atoms with van der Waals surface area (Å²) in [7, 11) is 0. The van der Waals surface area contributed by atoms with Crippen LogP contribution in [0.2, 0.25) is 0 Å². The normalized spacial score (nSPS) is 19.3. The van der Waals surface area contributed by atoms with E-state index in [0.29, 0.717) is 16.5 Å². The van der Waals surface area contributed by atoms with Crippen molar-refractivity contribution in [3.05, 3.63) is 71.8 Å². The Hall–Kier alpha value is -2.22. The molecule has 0 aliphatic heterocycles. The summed E-state index contributed by atoms with van der Waals surface area (Å²) in [4.78, 5) is 0. The highest BCUT2D eigenvalue weighted by Gasteiger charge is 2.20. The average molecular weight is 407 g/mol. The van der Waals surface area contributed by atoms with E-state index in [2.05, 4.69) is 19.1 Å². The minimum absolute atomic E-state index is 0.226. The van der Waals surface area contributed by atoms with Crippen molar-refractivity contribution < 1.29 is 8.78 Å². The second kappa shape index (κ2) is 9.73. The first kappa shape index (κ1) is 21.0. The molecule has 3 aromatic rings. The minimum atomic E-state index is -0.306. The molecule has 1 saturated carbocycles. The van der Waals surface area contributed by atoms with Gasteiger partial charge < -0.3 is 0 Å². The summed E-state index contributed by atoms with van der Waals surface area (Å²) in [6.07, 6.45) is 12.0. The molecule has 30 heavy (non-hydrogen) atoms. The fraction of sp³-hybridized carbons (Fsp3) is 0.429. The van der Waals surface area contributed by atoms with Gasteiger partial charge in [0.05, 0.1) is 0 Å². The number of rotatable bonds is 7. The zero-order chi connectivity index (χ0) is 20.9. The molecular weight excluding hydrogens is 374 g/mol. The third-order valence-electron chi connectivity index (χ3n) is 6.95. The lowest BCUT2D eigenvalue weighted by atomic mass is 9.78.